The number of rotatable bonds is 9. The number of nitrogens with zero attached hydrogens (tertiary/aromatic N) is 1. The maximum absolute atomic E-state index is 11.4. The Hall–Kier alpha value is -0.200. The average Bonchev–Trinajstić information content (AvgIpc) is 2.38. The third kappa shape index (κ3) is 12.6. The number of halogens is 1. The minimum absolute atomic E-state index is 0.274. The molecule has 0 fully saturated rings. The number of unbranched alkanes of at least 4 members (excludes halogenated alkanes) is 2. The molecule has 0 aromatic rings. The fraction of sp³-hybridized carbons (Fsp3) is 1.00. The maximum Gasteiger partial charge on any atom is 0.0945 e. The summed E-state index contributed by atoms with van der Waals surface area (Å²) in [5, 5.41) is 0. The predicted molar refractivity (Wildman–Crippen MR) is 76.8 cm³/mol. The molecular formula is C13H30FNO3S. The van der Waals surface area contributed by atoms with Crippen molar-refractivity contribution in [1.82, 2.24) is 0 Å². The van der Waals surface area contributed by atoms with Gasteiger partial charge in [0.1, 0.15) is 0 Å². The van der Waals surface area contributed by atoms with Gasteiger partial charge in [-0.3, -0.25) is 4.39 Å². The molecule has 0 aromatic carbocycles. The molecule has 118 valence electrons. The SMILES string of the molecule is CC[N+](CC)(CC)CC.O=S(=O)([O-])CCCCCF. The van der Waals surface area contributed by atoms with Gasteiger partial charge in [0.25, 0.3) is 0 Å². The first-order valence-electron chi connectivity index (χ1n) is 7.15. The summed E-state index contributed by atoms with van der Waals surface area (Å²) in [5.41, 5.74) is 0. The van der Waals surface area contributed by atoms with Gasteiger partial charge in [0.2, 0.25) is 0 Å². The Labute approximate surface area is 118 Å². The Balaban J connectivity index is 0. The molecule has 0 saturated carbocycles. The van der Waals surface area contributed by atoms with E-state index in [1.165, 1.54) is 30.7 Å². The molecule has 0 amide bonds. The van der Waals surface area contributed by atoms with Gasteiger partial charge in [-0.05, 0) is 47.0 Å². The Morgan fingerprint density at radius 1 is 0.895 bits per heavy atom. The van der Waals surface area contributed by atoms with E-state index in [0.29, 0.717) is 12.8 Å². The van der Waals surface area contributed by atoms with E-state index < -0.39 is 16.8 Å². The lowest BCUT2D eigenvalue weighted by Crippen LogP contribution is -2.47. The summed E-state index contributed by atoms with van der Waals surface area (Å²) in [6.45, 7) is 13.8. The third-order valence-corrected chi connectivity index (χ3v) is 4.50. The summed E-state index contributed by atoms with van der Waals surface area (Å²) in [5.74, 6) is -0.368. The van der Waals surface area contributed by atoms with Gasteiger partial charge in [-0.25, -0.2) is 8.42 Å². The molecule has 0 spiro atoms. The van der Waals surface area contributed by atoms with Crippen LogP contribution in [0.1, 0.15) is 47.0 Å². The standard InChI is InChI=1S/C8H20N.C5H11FO3S/c1-5-9(6-2,7-3)8-4;6-4-2-1-3-5-10(7,8)9/h5-8H2,1-4H3;1-5H2,(H,7,8,9)/q+1;/p-1. The molecule has 0 N–H and O–H groups in total. The van der Waals surface area contributed by atoms with Gasteiger partial charge in [-0.2, -0.15) is 0 Å². The van der Waals surface area contributed by atoms with Crippen LogP contribution in [0.2, 0.25) is 0 Å². The fourth-order valence-electron chi connectivity index (χ4n) is 1.89. The summed E-state index contributed by atoms with van der Waals surface area (Å²) in [6.07, 6.45) is 1.09. The average molecular weight is 299 g/mol. The molecular weight excluding hydrogens is 269 g/mol. The van der Waals surface area contributed by atoms with Gasteiger partial charge in [-0.1, -0.05) is 0 Å². The largest absolute Gasteiger partial charge is 0.748 e. The summed E-state index contributed by atoms with van der Waals surface area (Å²) in [7, 11) is -4.08. The molecule has 6 heteroatoms. The molecule has 0 aliphatic heterocycles. The Kier molecular flexibility index (Phi) is 12.9. The Bertz CT molecular complexity index is 273. The van der Waals surface area contributed by atoms with Crippen LogP contribution in [0.4, 0.5) is 4.39 Å². The number of hydrogen-bond acceptors (Lipinski definition) is 3. The molecule has 0 aromatic heterocycles. The van der Waals surface area contributed by atoms with Crippen LogP contribution in [0.3, 0.4) is 0 Å². The number of alkyl halides is 1. The molecule has 0 heterocycles. The highest BCUT2D eigenvalue weighted by Gasteiger charge is 2.16. The normalized spacial score (nSPS) is 11.9. The van der Waals surface area contributed by atoms with Crippen molar-refractivity contribution >= 4 is 10.1 Å². The molecule has 0 rings (SSSR count). The minimum Gasteiger partial charge on any atom is -0.748 e. The van der Waals surface area contributed by atoms with Crippen molar-refractivity contribution in [3.8, 4) is 0 Å². The molecule has 0 radical (unpaired) electrons. The lowest BCUT2D eigenvalue weighted by Gasteiger charge is -2.34. The lowest BCUT2D eigenvalue weighted by molar-refractivity contribution is -0.921. The smallest absolute Gasteiger partial charge is 0.0945 e. The van der Waals surface area contributed by atoms with Gasteiger partial charge in [0.15, 0.2) is 0 Å². The molecule has 0 saturated heterocycles. The van der Waals surface area contributed by atoms with E-state index in [2.05, 4.69) is 27.7 Å². The van der Waals surface area contributed by atoms with Gasteiger partial charge in [-0.15, -0.1) is 0 Å². The van der Waals surface area contributed by atoms with Crippen molar-refractivity contribution in [2.24, 2.45) is 0 Å². The van der Waals surface area contributed by atoms with Crippen LogP contribution in [0, 0.1) is 0 Å². The second-order valence-corrected chi connectivity index (χ2v) is 6.14. The van der Waals surface area contributed by atoms with E-state index in [4.69, 9.17) is 0 Å². The van der Waals surface area contributed by atoms with Crippen LogP contribution in [0.25, 0.3) is 0 Å². The highest BCUT2D eigenvalue weighted by molar-refractivity contribution is 7.85. The molecule has 0 unspecified atom stereocenters. The van der Waals surface area contributed by atoms with Crippen molar-refractivity contribution in [3.05, 3.63) is 0 Å². The molecule has 4 nitrogen and oxygen atoms in total. The topological polar surface area (TPSA) is 57.2 Å². The number of hydrogen-bond donors (Lipinski definition) is 0. The minimum atomic E-state index is -4.08. The van der Waals surface area contributed by atoms with Crippen molar-refractivity contribution in [2.75, 3.05) is 38.6 Å². The fourth-order valence-corrected chi connectivity index (χ4v) is 2.45. The van der Waals surface area contributed by atoms with Crippen LogP contribution in [-0.2, 0) is 10.1 Å². The zero-order valence-corrected chi connectivity index (χ0v) is 13.6. The van der Waals surface area contributed by atoms with Crippen molar-refractivity contribution < 1.29 is 21.8 Å². The zero-order valence-electron chi connectivity index (χ0n) is 12.8. The van der Waals surface area contributed by atoms with Crippen LogP contribution in [-0.4, -0.2) is 56.1 Å². The highest BCUT2D eigenvalue weighted by Crippen LogP contribution is 2.03. The summed E-state index contributed by atoms with van der Waals surface area (Å²) in [6, 6.07) is 0. The van der Waals surface area contributed by atoms with E-state index in [-0.39, 0.29) is 12.2 Å². The van der Waals surface area contributed by atoms with Gasteiger partial charge >= 0.3 is 0 Å². The van der Waals surface area contributed by atoms with Crippen molar-refractivity contribution in [3.63, 3.8) is 0 Å². The summed E-state index contributed by atoms with van der Waals surface area (Å²) < 4.78 is 42.5. The Morgan fingerprint density at radius 2 is 1.32 bits per heavy atom. The van der Waals surface area contributed by atoms with E-state index in [9.17, 15) is 17.4 Å². The van der Waals surface area contributed by atoms with E-state index in [1.54, 1.807) is 0 Å². The van der Waals surface area contributed by atoms with Crippen LogP contribution in [0.15, 0.2) is 0 Å². The first-order valence-corrected chi connectivity index (χ1v) is 8.73. The van der Waals surface area contributed by atoms with Gasteiger partial charge < -0.3 is 9.04 Å². The second kappa shape index (κ2) is 11.6. The number of quaternary nitrogens is 1. The zero-order chi connectivity index (χ0) is 15.4. The highest BCUT2D eigenvalue weighted by atomic mass is 32.2. The summed E-state index contributed by atoms with van der Waals surface area (Å²) in [4.78, 5) is 0. The van der Waals surface area contributed by atoms with E-state index in [1.807, 2.05) is 0 Å². The quantitative estimate of drug-likeness (QED) is 0.373. The predicted octanol–water partition coefficient (Wildman–Crippen LogP) is 2.55. The monoisotopic (exact) mass is 299 g/mol. The van der Waals surface area contributed by atoms with Gasteiger partial charge in [0, 0.05) is 5.75 Å². The van der Waals surface area contributed by atoms with Crippen LogP contribution in [0.5, 0.6) is 0 Å². The van der Waals surface area contributed by atoms with Crippen LogP contribution >= 0.6 is 0 Å². The van der Waals surface area contributed by atoms with E-state index in [0.717, 1.165) is 0 Å². The lowest BCUT2D eigenvalue weighted by atomic mass is 10.3. The second-order valence-electron chi connectivity index (χ2n) is 4.62. The van der Waals surface area contributed by atoms with Crippen LogP contribution < -0.4 is 0 Å². The van der Waals surface area contributed by atoms with Crippen molar-refractivity contribution in [2.45, 2.75) is 47.0 Å². The molecule has 0 aliphatic carbocycles. The molecule has 0 atom stereocenters. The molecule has 0 aliphatic rings. The Morgan fingerprint density at radius 3 is 1.53 bits per heavy atom. The van der Waals surface area contributed by atoms with Crippen molar-refractivity contribution in [1.29, 1.82) is 0 Å². The molecule has 19 heavy (non-hydrogen) atoms. The third-order valence-electron chi connectivity index (χ3n) is 3.71. The van der Waals surface area contributed by atoms with E-state index >= 15 is 0 Å². The first-order chi connectivity index (χ1) is 8.80. The van der Waals surface area contributed by atoms with Gasteiger partial charge in [0.05, 0.1) is 43.0 Å². The molecule has 0 bridgehead atoms. The summed E-state index contributed by atoms with van der Waals surface area (Å²) >= 11 is 0. The first kappa shape index (κ1) is 21.1. The maximum atomic E-state index is 11.4.